The maximum atomic E-state index is 11.2. The van der Waals surface area contributed by atoms with Crippen molar-refractivity contribution in [3.63, 3.8) is 0 Å². The predicted molar refractivity (Wildman–Crippen MR) is 109 cm³/mol. The molecule has 140 valence electrons. The van der Waals surface area contributed by atoms with Gasteiger partial charge in [-0.15, -0.1) is 0 Å². The molecular weight excluding hydrogens is 372 g/mol. The first-order valence-corrected chi connectivity index (χ1v) is 9.78. The Bertz CT molecular complexity index is 1110. The van der Waals surface area contributed by atoms with Gasteiger partial charge in [0.25, 0.3) is 0 Å². The molecule has 7 heteroatoms. The maximum absolute atomic E-state index is 11.2. The largest absolute Gasteiger partial charge is 0.507 e. The van der Waals surface area contributed by atoms with Crippen LogP contribution in [0.25, 0.3) is 11.1 Å². The molecule has 3 aromatic rings. The molecule has 2 bridgehead atoms. The third kappa shape index (κ3) is 2.51. The SMILES string of the molecule is Nc1cc(N)nc(Sc2c(O)c3c(c(O)c2-c2ccccc2)C2C=CC3C2)n1. The lowest BCUT2D eigenvalue weighted by atomic mass is 9.90. The second-order valence-corrected chi connectivity index (χ2v) is 8.01. The Morgan fingerprint density at radius 2 is 1.50 bits per heavy atom. The van der Waals surface area contributed by atoms with Crippen LogP contribution in [0.1, 0.15) is 29.4 Å². The highest BCUT2D eigenvalue weighted by atomic mass is 32.2. The van der Waals surface area contributed by atoms with Crippen LogP contribution >= 0.6 is 11.8 Å². The van der Waals surface area contributed by atoms with E-state index in [0.29, 0.717) is 15.6 Å². The molecule has 2 unspecified atom stereocenters. The summed E-state index contributed by atoms with van der Waals surface area (Å²) in [6.45, 7) is 0. The second-order valence-electron chi connectivity index (χ2n) is 7.03. The summed E-state index contributed by atoms with van der Waals surface area (Å²) in [6.07, 6.45) is 5.08. The van der Waals surface area contributed by atoms with Crippen molar-refractivity contribution in [1.82, 2.24) is 9.97 Å². The van der Waals surface area contributed by atoms with Crippen LogP contribution in [0.15, 0.2) is 58.6 Å². The number of nitrogens with zero attached hydrogens (tertiary/aromatic N) is 2. The molecule has 0 radical (unpaired) electrons. The van der Waals surface area contributed by atoms with Crippen LogP contribution < -0.4 is 11.5 Å². The first kappa shape index (κ1) is 16.9. The molecule has 6 N–H and O–H groups in total. The Hall–Kier alpha value is -3.19. The standard InChI is InChI=1S/C21H18N4O2S/c22-13-9-14(23)25-21(24-13)28-20-17(10-4-2-1-3-5-10)18(26)15-11-6-7-12(8-11)16(15)19(20)27/h1-7,9,11-12,26-27H,8H2,(H4,22,23,24,25). The van der Waals surface area contributed by atoms with Crippen molar-refractivity contribution in [1.29, 1.82) is 0 Å². The molecule has 0 saturated carbocycles. The lowest BCUT2D eigenvalue weighted by Crippen LogP contribution is -2.01. The number of rotatable bonds is 3. The van der Waals surface area contributed by atoms with E-state index in [1.165, 1.54) is 6.07 Å². The fraction of sp³-hybridized carbons (Fsp3) is 0.143. The Morgan fingerprint density at radius 1 is 0.893 bits per heavy atom. The first-order valence-electron chi connectivity index (χ1n) is 8.96. The van der Waals surface area contributed by atoms with Gasteiger partial charge in [0.05, 0.1) is 4.90 Å². The monoisotopic (exact) mass is 390 g/mol. The summed E-state index contributed by atoms with van der Waals surface area (Å²) in [4.78, 5) is 8.95. The maximum Gasteiger partial charge on any atom is 0.196 e. The van der Waals surface area contributed by atoms with E-state index in [1.54, 1.807) is 0 Å². The molecule has 5 rings (SSSR count). The Kier molecular flexibility index (Phi) is 3.73. The van der Waals surface area contributed by atoms with Gasteiger partial charge in [-0.05, 0) is 23.7 Å². The second kappa shape index (κ2) is 6.17. The van der Waals surface area contributed by atoms with Crippen molar-refractivity contribution < 1.29 is 10.2 Å². The molecule has 1 aromatic heterocycles. The molecule has 2 aliphatic rings. The molecule has 0 aliphatic heterocycles. The predicted octanol–water partition coefficient (Wildman–Crippen LogP) is 4.01. The van der Waals surface area contributed by atoms with E-state index in [0.717, 1.165) is 34.9 Å². The molecule has 0 spiro atoms. The van der Waals surface area contributed by atoms with Gasteiger partial charge in [0, 0.05) is 34.6 Å². The van der Waals surface area contributed by atoms with Gasteiger partial charge in [-0.1, -0.05) is 42.5 Å². The zero-order chi connectivity index (χ0) is 19.4. The molecule has 2 aliphatic carbocycles. The molecule has 6 nitrogen and oxygen atoms in total. The first-order chi connectivity index (χ1) is 13.5. The highest BCUT2D eigenvalue weighted by Gasteiger charge is 2.40. The normalized spacial score (nSPS) is 19.1. The molecule has 1 heterocycles. The van der Waals surface area contributed by atoms with Crippen LogP contribution in [-0.4, -0.2) is 20.2 Å². The number of hydrogen-bond donors (Lipinski definition) is 4. The number of benzene rings is 2. The minimum atomic E-state index is 0.113. The van der Waals surface area contributed by atoms with Gasteiger partial charge in [-0.3, -0.25) is 0 Å². The highest BCUT2D eigenvalue weighted by Crippen LogP contribution is 2.60. The summed E-state index contributed by atoms with van der Waals surface area (Å²) >= 11 is 1.16. The van der Waals surface area contributed by atoms with Crippen molar-refractivity contribution in [3.05, 3.63) is 59.7 Å². The minimum absolute atomic E-state index is 0.113. The van der Waals surface area contributed by atoms with Gasteiger partial charge in [-0.2, -0.15) is 0 Å². The number of fused-ring (bicyclic) bond motifs is 5. The van der Waals surface area contributed by atoms with Crippen LogP contribution in [0.2, 0.25) is 0 Å². The van der Waals surface area contributed by atoms with Crippen LogP contribution in [0.5, 0.6) is 11.5 Å². The van der Waals surface area contributed by atoms with Crippen molar-refractivity contribution in [3.8, 4) is 22.6 Å². The van der Waals surface area contributed by atoms with E-state index in [1.807, 2.05) is 30.3 Å². The van der Waals surface area contributed by atoms with E-state index in [2.05, 4.69) is 22.1 Å². The topological polar surface area (TPSA) is 118 Å². The van der Waals surface area contributed by atoms with E-state index in [-0.39, 0.29) is 35.0 Å². The third-order valence-corrected chi connectivity index (χ3v) is 6.27. The van der Waals surface area contributed by atoms with Crippen LogP contribution in [0, 0.1) is 0 Å². The van der Waals surface area contributed by atoms with Crippen molar-refractivity contribution in [2.45, 2.75) is 28.3 Å². The summed E-state index contributed by atoms with van der Waals surface area (Å²) in [5.41, 5.74) is 14.6. The highest BCUT2D eigenvalue weighted by molar-refractivity contribution is 7.99. The fourth-order valence-electron chi connectivity index (χ4n) is 4.19. The minimum Gasteiger partial charge on any atom is -0.507 e. The molecule has 0 fully saturated rings. The van der Waals surface area contributed by atoms with E-state index in [4.69, 9.17) is 11.5 Å². The summed E-state index contributed by atoms with van der Waals surface area (Å²) in [5, 5.41) is 22.8. The van der Waals surface area contributed by atoms with E-state index >= 15 is 0 Å². The van der Waals surface area contributed by atoms with Gasteiger partial charge < -0.3 is 21.7 Å². The van der Waals surface area contributed by atoms with Crippen LogP contribution in [0.3, 0.4) is 0 Å². The smallest absolute Gasteiger partial charge is 0.196 e. The Morgan fingerprint density at radius 3 is 2.14 bits per heavy atom. The van der Waals surface area contributed by atoms with Crippen LogP contribution in [0.4, 0.5) is 11.6 Å². The van der Waals surface area contributed by atoms with E-state index in [9.17, 15) is 10.2 Å². The lowest BCUT2D eigenvalue weighted by molar-refractivity contribution is 0.441. The molecule has 2 aromatic carbocycles. The fourth-order valence-corrected chi connectivity index (χ4v) is 5.19. The number of phenols is 2. The number of hydrogen-bond acceptors (Lipinski definition) is 7. The van der Waals surface area contributed by atoms with Crippen LogP contribution in [-0.2, 0) is 0 Å². The number of nitrogen functional groups attached to an aromatic ring is 2. The average molecular weight is 390 g/mol. The van der Waals surface area contributed by atoms with E-state index < -0.39 is 0 Å². The quantitative estimate of drug-likeness (QED) is 0.303. The molecule has 0 saturated heterocycles. The van der Waals surface area contributed by atoms with Crippen molar-refractivity contribution >= 4 is 23.4 Å². The zero-order valence-electron chi connectivity index (χ0n) is 14.8. The summed E-state index contributed by atoms with van der Waals surface area (Å²) in [6, 6.07) is 11.0. The summed E-state index contributed by atoms with van der Waals surface area (Å²) < 4.78 is 0. The van der Waals surface area contributed by atoms with Gasteiger partial charge in [0.1, 0.15) is 23.1 Å². The number of allylic oxidation sites excluding steroid dienone is 2. The zero-order valence-corrected chi connectivity index (χ0v) is 15.6. The van der Waals surface area contributed by atoms with Crippen molar-refractivity contribution in [2.75, 3.05) is 11.5 Å². The summed E-state index contributed by atoms with van der Waals surface area (Å²) in [5.74, 6) is 1.12. The Balaban J connectivity index is 1.76. The molecular formula is C21H18N4O2S. The number of nitrogens with two attached hydrogens (primary N) is 2. The number of anilines is 2. The van der Waals surface area contributed by atoms with Gasteiger partial charge >= 0.3 is 0 Å². The van der Waals surface area contributed by atoms with Gasteiger partial charge in [0.2, 0.25) is 0 Å². The molecule has 2 atom stereocenters. The summed E-state index contributed by atoms with van der Waals surface area (Å²) in [7, 11) is 0. The van der Waals surface area contributed by atoms with Gasteiger partial charge in [0.15, 0.2) is 5.16 Å². The van der Waals surface area contributed by atoms with Gasteiger partial charge in [-0.25, -0.2) is 9.97 Å². The molecule has 28 heavy (non-hydrogen) atoms. The van der Waals surface area contributed by atoms with Crippen molar-refractivity contribution in [2.24, 2.45) is 0 Å². The number of aromatic hydroxyl groups is 2. The third-order valence-electron chi connectivity index (χ3n) is 5.31. The number of aromatic nitrogens is 2. The Labute approximate surface area is 165 Å². The average Bonchev–Trinajstić information content (AvgIpc) is 3.28. The lowest BCUT2D eigenvalue weighted by Gasteiger charge is -2.21. The molecule has 0 amide bonds. The number of phenolic OH excluding ortho intramolecular Hbond substituents is 2.